The summed E-state index contributed by atoms with van der Waals surface area (Å²) in [7, 11) is -4.19. The van der Waals surface area contributed by atoms with Crippen LogP contribution in [0.2, 0.25) is 0 Å². The smallest absolute Gasteiger partial charge is 0.324 e. The minimum absolute atomic E-state index is 0.00241. The van der Waals surface area contributed by atoms with Gasteiger partial charge in [-0.1, -0.05) is 0 Å². The van der Waals surface area contributed by atoms with Crippen LogP contribution in [0.15, 0.2) is 47.4 Å². The molecule has 1 aliphatic rings. The molecule has 0 amide bonds. The predicted octanol–water partition coefficient (Wildman–Crippen LogP) is 1.83. The number of carboxylic acid groups (broad SMARTS) is 1. The van der Waals surface area contributed by atoms with Crippen molar-refractivity contribution < 1.29 is 32.2 Å². The summed E-state index contributed by atoms with van der Waals surface area (Å²) in [5.41, 5.74) is 0.103. The van der Waals surface area contributed by atoms with Crippen LogP contribution in [0.5, 0.6) is 11.5 Å². The van der Waals surface area contributed by atoms with E-state index in [0.717, 1.165) is 24.3 Å². The molecule has 1 heterocycles. The lowest BCUT2D eigenvalue weighted by molar-refractivity contribution is -0.135. The quantitative estimate of drug-likeness (QED) is 0.882. The van der Waals surface area contributed by atoms with E-state index >= 15 is 0 Å². The average molecular weight is 353 g/mol. The molecule has 0 atom stereocenters. The van der Waals surface area contributed by atoms with Crippen LogP contribution in [0, 0.1) is 5.82 Å². The van der Waals surface area contributed by atoms with Crippen LogP contribution in [0.3, 0.4) is 0 Å². The van der Waals surface area contributed by atoms with E-state index in [1.807, 2.05) is 0 Å². The average Bonchev–Trinajstić information content (AvgIpc) is 3.00. The fraction of sp³-hybridized carbons (Fsp3) is 0.133. The summed E-state index contributed by atoms with van der Waals surface area (Å²) in [6.07, 6.45) is 0. The number of ether oxygens (including phenoxy) is 2. The van der Waals surface area contributed by atoms with Gasteiger partial charge in [-0.25, -0.2) is 12.8 Å². The predicted molar refractivity (Wildman–Crippen MR) is 81.1 cm³/mol. The Bertz CT molecular complexity index is 881. The molecule has 3 rings (SSSR count). The molecule has 2 aromatic carbocycles. The molecular weight excluding hydrogens is 341 g/mol. The van der Waals surface area contributed by atoms with Crippen molar-refractivity contribution in [2.24, 2.45) is 0 Å². The van der Waals surface area contributed by atoms with Crippen molar-refractivity contribution >= 4 is 21.7 Å². The molecule has 0 saturated heterocycles. The maximum atomic E-state index is 13.0. The van der Waals surface area contributed by atoms with E-state index in [1.54, 1.807) is 0 Å². The summed E-state index contributed by atoms with van der Waals surface area (Å²) in [5.74, 6) is -1.18. The van der Waals surface area contributed by atoms with E-state index in [4.69, 9.17) is 14.6 Å². The normalized spacial score (nSPS) is 12.9. The van der Waals surface area contributed by atoms with Gasteiger partial charge in [0.25, 0.3) is 10.0 Å². The molecule has 0 fully saturated rings. The Hall–Kier alpha value is -2.81. The number of sulfonamides is 1. The van der Waals surface area contributed by atoms with Gasteiger partial charge in [0, 0.05) is 6.07 Å². The third kappa shape index (κ3) is 2.98. The Morgan fingerprint density at radius 1 is 1.12 bits per heavy atom. The number of carboxylic acids is 1. The lowest BCUT2D eigenvalue weighted by atomic mass is 10.3. The standard InChI is InChI=1S/C15H12FNO6S/c16-10-1-4-12(5-2-10)24(20,21)17(8-15(18)19)11-3-6-13-14(7-11)23-9-22-13/h1-7H,8-9H2,(H,18,19). The number of fused-ring (bicyclic) bond motifs is 1. The lowest BCUT2D eigenvalue weighted by Crippen LogP contribution is -2.35. The second-order valence-corrected chi connectivity index (χ2v) is 6.76. The lowest BCUT2D eigenvalue weighted by Gasteiger charge is -2.23. The van der Waals surface area contributed by atoms with Crippen LogP contribution in [-0.2, 0) is 14.8 Å². The molecular formula is C15H12FNO6S. The molecule has 0 bridgehead atoms. The van der Waals surface area contributed by atoms with E-state index in [1.165, 1.54) is 18.2 Å². The largest absolute Gasteiger partial charge is 0.480 e. The number of rotatable bonds is 5. The Kier molecular flexibility index (Phi) is 4.02. The number of aliphatic carboxylic acids is 1. The fourth-order valence-corrected chi connectivity index (χ4v) is 3.62. The molecule has 9 heteroatoms. The summed E-state index contributed by atoms with van der Waals surface area (Å²) in [6.45, 7) is -0.790. The van der Waals surface area contributed by atoms with E-state index in [2.05, 4.69) is 0 Å². The first-order chi connectivity index (χ1) is 11.4. The topological polar surface area (TPSA) is 93.1 Å². The summed E-state index contributed by atoms with van der Waals surface area (Å²) in [4.78, 5) is 10.9. The monoisotopic (exact) mass is 353 g/mol. The Morgan fingerprint density at radius 2 is 1.79 bits per heavy atom. The first kappa shape index (κ1) is 16.1. The highest BCUT2D eigenvalue weighted by Crippen LogP contribution is 2.36. The van der Waals surface area contributed by atoms with Crippen molar-refractivity contribution in [2.75, 3.05) is 17.6 Å². The van der Waals surface area contributed by atoms with Gasteiger partial charge in [0.2, 0.25) is 6.79 Å². The molecule has 0 aromatic heterocycles. The molecule has 0 saturated carbocycles. The summed E-state index contributed by atoms with van der Waals surface area (Å²) in [5, 5.41) is 9.07. The Balaban J connectivity index is 2.06. The second-order valence-electron chi connectivity index (χ2n) is 4.90. The molecule has 0 aliphatic carbocycles. The van der Waals surface area contributed by atoms with Gasteiger partial charge in [0.15, 0.2) is 11.5 Å². The van der Waals surface area contributed by atoms with Crippen LogP contribution in [0.4, 0.5) is 10.1 Å². The van der Waals surface area contributed by atoms with Crippen molar-refractivity contribution in [3.05, 3.63) is 48.3 Å². The van der Waals surface area contributed by atoms with Crippen molar-refractivity contribution in [3.63, 3.8) is 0 Å². The number of hydrogen-bond acceptors (Lipinski definition) is 5. The molecule has 1 N–H and O–H groups in total. The number of benzene rings is 2. The van der Waals surface area contributed by atoms with Crippen molar-refractivity contribution in [2.45, 2.75) is 4.90 Å². The minimum Gasteiger partial charge on any atom is -0.480 e. The second kappa shape index (κ2) is 6.00. The van der Waals surface area contributed by atoms with E-state index in [9.17, 15) is 17.6 Å². The van der Waals surface area contributed by atoms with Crippen molar-refractivity contribution in [3.8, 4) is 11.5 Å². The zero-order chi connectivity index (χ0) is 17.3. The van der Waals surface area contributed by atoms with E-state index in [0.29, 0.717) is 15.8 Å². The van der Waals surface area contributed by atoms with Gasteiger partial charge in [-0.05, 0) is 36.4 Å². The van der Waals surface area contributed by atoms with Crippen LogP contribution in [0.25, 0.3) is 0 Å². The van der Waals surface area contributed by atoms with Crippen LogP contribution in [0.1, 0.15) is 0 Å². The number of nitrogens with zero attached hydrogens (tertiary/aromatic N) is 1. The summed E-state index contributed by atoms with van der Waals surface area (Å²) >= 11 is 0. The highest BCUT2D eigenvalue weighted by atomic mass is 32.2. The number of halogens is 1. The fourth-order valence-electron chi connectivity index (χ4n) is 2.21. The molecule has 0 radical (unpaired) electrons. The molecule has 126 valence electrons. The van der Waals surface area contributed by atoms with Gasteiger partial charge in [0.05, 0.1) is 10.6 Å². The number of hydrogen-bond donors (Lipinski definition) is 1. The molecule has 0 spiro atoms. The molecule has 2 aromatic rings. The molecule has 0 unspecified atom stereocenters. The highest BCUT2D eigenvalue weighted by molar-refractivity contribution is 7.92. The van der Waals surface area contributed by atoms with Gasteiger partial charge in [-0.2, -0.15) is 0 Å². The zero-order valence-corrected chi connectivity index (χ0v) is 13.0. The molecule has 1 aliphatic heterocycles. The van der Waals surface area contributed by atoms with Crippen LogP contribution >= 0.6 is 0 Å². The SMILES string of the molecule is O=C(O)CN(c1ccc2c(c1)OCO2)S(=O)(=O)c1ccc(F)cc1. The van der Waals surface area contributed by atoms with E-state index < -0.39 is 28.4 Å². The van der Waals surface area contributed by atoms with Gasteiger partial charge in [-0.3, -0.25) is 9.10 Å². The van der Waals surface area contributed by atoms with Crippen molar-refractivity contribution in [1.82, 2.24) is 0 Å². The van der Waals surface area contributed by atoms with E-state index in [-0.39, 0.29) is 17.4 Å². The van der Waals surface area contributed by atoms with Gasteiger partial charge in [-0.15, -0.1) is 0 Å². The van der Waals surface area contributed by atoms with Gasteiger partial charge < -0.3 is 14.6 Å². The number of carbonyl (C=O) groups is 1. The molecule has 24 heavy (non-hydrogen) atoms. The third-order valence-corrected chi connectivity index (χ3v) is 5.11. The zero-order valence-electron chi connectivity index (χ0n) is 12.2. The third-order valence-electron chi connectivity index (χ3n) is 3.32. The van der Waals surface area contributed by atoms with Gasteiger partial charge >= 0.3 is 5.97 Å². The molecule has 7 nitrogen and oxygen atoms in total. The van der Waals surface area contributed by atoms with Crippen molar-refractivity contribution in [1.29, 1.82) is 0 Å². The Morgan fingerprint density at radius 3 is 2.46 bits per heavy atom. The first-order valence-electron chi connectivity index (χ1n) is 6.78. The highest BCUT2D eigenvalue weighted by Gasteiger charge is 2.28. The minimum atomic E-state index is -4.19. The van der Waals surface area contributed by atoms with Crippen LogP contribution in [-0.4, -0.2) is 32.8 Å². The van der Waals surface area contributed by atoms with Crippen LogP contribution < -0.4 is 13.8 Å². The Labute approximate surface area is 136 Å². The maximum absolute atomic E-state index is 13.0. The number of anilines is 1. The summed E-state index contributed by atoms with van der Waals surface area (Å²) < 4.78 is 49.6. The maximum Gasteiger partial charge on any atom is 0.324 e. The summed E-state index contributed by atoms with van der Waals surface area (Å²) in [6, 6.07) is 8.42. The van der Waals surface area contributed by atoms with Gasteiger partial charge in [0.1, 0.15) is 12.4 Å². The first-order valence-corrected chi connectivity index (χ1v) is 8.22.